The topological polar surface area (TPSA) is 175 Å². The molecule has 12 nitrogen and oxygen atoms in total. The van der Waals surface area contributed by atoms with Crippen LogP contribution in [0.5, 0.6) is 0 Å². The van der Waals surface area contributed by atoms with Gasteiger partial charge in [0.05, 0.1) is 0 Å². The number of carboxylic acids is 2. The van der Waals surface area contributed by atoms with Crippen molar-refractivity contribution in [3.63, 3.8) is 0 Å². The first-order valence-electron chi connectivity index (χ1n) is 10.5. The lowest BCUT2D eigenvalue weighted by atomic mass is 10.2. The average Bonchev–Trinajstić information content (AvgIpc) is 3.26. The maximum atomic E-state index is 11.3. The van der Waals surface area contributed by atoms with Crippen LogP contribution in [0.1, 0.15) is 54.4 Å². The van der Waals surface area contributed by atoms with E-state index in [0.29, 0.717) is 0 Å². The lowest BCUT2D eigenvalue weighted by Crippen LogP contribution is -2.40. The van der Waals surface area contributed by atoms with Gasteiger partial charge in [-0.1, -0.05) is 0 Å². The van der Waals surface area contributed by atoms with Crippen LogP contribution >= 0.6 is 0 Å². The standard InChI is InChI=1S/2C9H18N2O2.C2H2O4/c2*1-9(2,3)13-8(12)11-7-4-5-10-6-7;3-1(4)2(5)6/h2*7,10H,4-6H2,1-3H3,(H,11,12);(H,3,4)(H,5,6). The molecule has 186 valence electrons. The number of alkyl carbamates (subject to hydrolysis) is 2. The summed E-state index contributed by atoms with van der Waals surface area (Å²) in [5.41, 5.74) is -0.813. The van der Waals surface area contributed by atoms with Gasteiger partial charge in [0, 0.05) is 25.2 Å². The smallest absolute Gasteiger partial charge is 0.414 e. The zero-order valence-corrected chi connectivity index (χ0v) is 19.7. The van der Waals surface area contributed by atoms with Gasteiger partial charge in [0.15, 0.2) is 0 Å². The predicted molar refractivity (Wildman–Crippen MR) is 117 cm³/mol. The van der Waals surface area contributed by atoms with Gasteiger partial charge in [0.25, 0.3) is 0 Å². The van der Waals surface area contributed by atoms with Crippen molar-refractivity contribution in [1.82, 2.24) is 21.3 Å². The summed E-state index contributed by atoms with van der Waals surface area (Å²) in [6.45, 7) is 14.8. The Morgan fingerprint density at radius 3 is 1.22 bits per heavy atom. The highest BCUT2D eigenvalue weighted by molar-refractivity contribution is 6.27. The Labute approximate surface area is 188 Å². The number of carbonyl (C=O) groups excluding carboxylic acids is 2. The maximum absolute atomic E-state index is 11.3. The third kappa shape index (κ3) is 17.1. The van der Waals surface area contributed by atoms with Crippen LogP contribution in [0.4, 0.5) is 9.59 Å². The van der Waals surface area contributed by atoms with Crippen LogP contribution in [0, 0.1) is 0 Å². The van der Waals surface area contributed by atoms with Gasteiger partial charge in [-0.3, -0.25) is 0 Å². The minimum atomic E-state index is -1.82. The van der Waals surface area contributed by atoms with Crippen molar-refractivity contribution in [3.05, 3.63) is 0 Å². The zero-order chi connectivity index (χ0) is 24.9. The molecule has 0 aliphatic carbocycles. The molecule has 2 amide bonds. The van der Waals surface area contributed by atoms with Crippen molar-refractivity contribution >= 4 is 24.1 Å². The van der Waals surface area contributed by atoms with E-state index in [2.05, 4.69) is 21.3 Å². The van der Waals surface area contributed by atoms with E-state index in [1.165, 1.54) is 0 Å². The first-order chi connectivity index (χ1) is 14.6. The number of ether oxygens (including phenoxy) is 2. The second-order valence-electron chi connectivity index (χ2n) is 9.28. The highest BCUT2D eigenvalue weighted by Gasteiger charge is 2.22. The number of amides is 2. The Balaban J connectivity index is 0.000000484. The second kappa shape index (κ2) is 13.7. The molecule has 12 heteroatoms. The van der Waals surface area contributed by atoms with Crippen LogP contribution in [-0.4, -0.2) is 83.8 Å². The number of hydrogen-bond acceptors (Lipinski definition) is 8. The van der Waals surface area contributed by atoms with Crippen LogP contribution in [0.25, 0.3) is 0 Å². The molecule has 0 aromatic heterocycles. The van der Waals surface area contributed by atoms with Crippen molar-refractivity contribution in [2.24, 2.45) is 0 Å². The molecule has 2 fully saturated rings. The zero-order valence-electron chi connectivity index (χ0n) is 19.7. The summed E-state index contributed by atoms with van der Waals surface area (Å²) in [7, 11) is 0. The number of hydrogen-bond donors (Lipinski definition) is 6. The fourth-order valence-electron chi connectivity index (χ4n) is 2.50. The second-order valence-corrected chi connectivity index (χ2v) is 9.28. The van der Waals surface area contributed by atoms with E-state index in [-0.39, 0.29) is 24.3 Å². The molecule has 2 unspecified atom stereocenters. The SMILES string of the molecule is CC(C)(C)OC(=O)NC1CCNC1.CC(C)(C)OC(=O)NC1CCNC1.O=C(O)C(=O)O. The van der Waals surface area contributed by atoms with Gasteiger partial charge >= 0.3 is 24.1 Å². The summed E-state index contributed by atoms with van der Waals surface area (Å²) in [5.74, 6) is -3.65. The van der Waals surface area contributed by atoms with Gasteiger partial charge in [0.2, 0.25) is 0 Å². The van der Waals surface area contributed by atoms with Crippen LogP contribution in [-0.2, 0) is 19.1 Å². The molecule has 0 aromatic rings. The number of rotatable bonds is 2. The van der Waals surface area contributed by atoms with Gasteiger partial charge in [-0.25, -0.2) is 19.2 Å². The van der Waals surface area contributed by atoms with E-state index in [4.69, 9.17) is 29.3 Å². The third-order valence-corrected chi connectivity index (χ3v) is 3.75. The molecular formula is C20H38N4O8. The highest BCUT2D eigenvalue weighted by atomic mass is 16.6. The van der Waals surface area contributed by atoms with Gasteiger partial charge in [-0.2, -0.15) is 0 Å². The quantitative estimate of drug-likeness (QED) is 0.323. The molecule has 0 radical (unpaired) electrons. The molecule has 6 N–H and O–H groups in total. The number of carbonyl (C=O) groups is 4. The molecule has 2 aliphatic heterocycles. The van der Waals surface area contributed by atoms with Crippen molar-refractivity contribution < 1.29 is 38.9 Å². The van der Waals surface area contributed by atoms with Crippen molar-refractivity contribution in [1.29, 1.82) is 0 Å². The first kappa shape index (κ1) is 29.4. The Hall–Kier alpha value is -2.60. The summed E-state index contributed by atoms with van der Waals surface area (Å²) >= 11 is 0. The first-order valence-corrected chi connectivity index (χ1v) is 10.5. The highest BCUT2D eigenvalue weighted by Crippen LogP contribution is 2.08. The molecular weight excluding hydrogens is 424 g/mol. The van der Waals surface area contributed by atoms with Gasteiger partial charge in [-0.15, -0.1) is 0 Å². The minimum Gasteiger partial charge on any atom is -0.473 e. The molecule has 0 spiro atoms. The lowest BCUT2D eigenvalue weighted by molar-refractivity contribution is -0.159. The fourth-order valence-corrected chi connectivity index (χ4v) is 2.50. The Morgan fingerprint density at radius 2 is 1.03 bits per heavy atom. The molecule has 2 atom stereocenters. The molecule has 0 saturated carbocycles. The third-order valence-electron chi connectivity index (χ3n) is 3.75. The molecule has 2 heterocycles. The summed E-state index contributed by atoms with van der Waals surface area (Å²) in [5, 5.41) is 26.7. The van der Waals surface area contributed by atoms with E-state index < -0.39 is 23.1 Å². The van der Waals surface area contributed by atoms with E-state index >= 15 is 0 Å². The summed E-state index contributed by atoms with van der Waals surface area (Å²) in [6.07, 6.45) is 1.33. The number of aliphatic carboxylic acids is 2. The molecule has 2 rings (SSSR count). The fraction of sp³-hybridized carbons (Fsp3) is 0.800. The Bertz CT molecular complexity index is 562. The summed E-state index contributed by atoms with van der Waals surface area (Å²) < 4.78 is 10.2. The molecule has 2 aliphatic rings. The number of carboxylic acid groups (broad SMARTS) is 2. The van der Waals surface area contributed by atoms with E-state index in [1.807, 2.05) is 41.5 Å². The van der Waals surface area contributed by atoms with Gasteiger partial charge in [0.1, 0.15) is 11.2 Å². The van der Waals surface area contributed by atoms with Crippen LogP contribution in [0.15, 0.2) is 0 Å². The Kier molecular flexibility index (Phi) is 12.6. The Morgan fingerprint density at radius 1 is 0.719 bits per heavy atom. The van der Waals surface area contributed by atoms with Crippen molar-refractivity contribution in [3.8, 4) is 0 Å². The van der Waals surface area contributed by atoms with Gasteiger partial charge in [-0.05, 0) is 67.5 Å². The van der Waals surface area contributed by atoms with E-state index in [1.54, 1.807) is 0 Å². The largest absolute Gasteiger partial charge is 0.473 e. The van der Waals surface area contributed by atoms with Crippen LogP contribution in [0.3, 0.4) is 0 Å². The monoisotopic (exact) mass is 462 g/mol. The molecule has 32 heavy (non-hydrogen) atoms. The number of nitrogens with one attached hydrogen (secondary N) is 4. The van der Waals surface area contributed by atoms with Crippen molar-refractivity contribution in [2.45, 2.75) is 77.7 Å². The van der Waals surface area contributed by atoms with Crippen LogP contribution < -0.4 is 21.3 Å². The maximum Gasteiger partial charge on any atom is 0.414 e. The summed E-state index contributed by atoms with van der Waals surface area (Å²) in [4.78, 5) is 40.7. The van der Waals surface area contributed by atoms with Crippen molar-refractivity contribution in [2.75, 3.05) is 26.2 Å². The minimum absolute atomic E-state index is 0.231. The molecule has 0 aromatic carbocycles. The molecule has 0 bridgehead atoms. The van der Waals surface area contributed by atoms with E-state index in [0.717, 1.165) is 39.0 Å². The van der Waals surface area contributed by atoms with E-state index in [9.17, 15) is 9.59 Å². The van der Waals surface area contributed by atoms with Gasteiger partial charge < -0.3 is 41.0 Å². The summed E-state index contributed by atoms with van der Waals surface area (Å²) in [6, 6.07) is 0.463. The van der Waals surface area contributed by atoms with Crippen LogP contribution in [0.2, 0.25) is 0 Å². The normalized spacial score (nSPS) is 19.9. The predicted octanol–water partition coefficient (Wildman–Crippen LogP) is 0.902. The lowest BCUT2D eigenvalue weighted by Gasteiger charge is -2.21. The molecule has 2 saturated heterocycles. The average molecular weight is 463 g/mol.